The molecule has 11 nitrogen and oxygen atoms in total. The Labute approximate surface area is 246 Å². The highest BCUT2D eigenvalue weighted by Crippen LogP contribution is 2.31. The summed E-state index contributed by atoms with van der Waals surface area (Å²) in [6.45, 7) is 5.13. The maximum absolute atomic E-state index is 14.0. The maximum Gasteiger partial charge on any atom is 0.412 e. The molecule has 3 N–H and O–H groups in total. The molecule has 1 aromatic rings. The monoisotopic (exact) mass is 584 g/mol. The molecule has 3 aliphatic carbocycles. The minimum absolute atomic E-state index is 0.0283. The lowest BCUT2D eigenvalue weighted by molar-refractivity contribution is -0.141. The Morgan fingerprint density at radius 2 is 1.69 bits per heavy atom. The van der Waals surface area contributed by atoms with Crippen LogP contribution in [0, 0.1) is 11.8 Å². The minimum Gasteiger partial charge on any atom is -0.444 e. The zero-order chi connectivity index (χ0) is 30.4. The summed E-state index contributed by atoms with van der Waals surface area (Å²) in [5.41, 5.74) is -1.39. The molecule has 0 radical (unpaired) electrons. The second-order valence-electron chi connectivity index (χ2n) is 13.0. The van der Waals surface area contributed by atoms with Crippen molar-refractivity contribution in [2.45, 2.75) is 122 Å². The average Bonchev–Trinajstić information content (AvgIpc) is 3.66. The standard InChI is InChI=1S/C31H44N4O7/c1-31(2,3)42-30(41)34-22-12-8-16-35(29(22)40)24(17-19-9-5-4-6-10-19)27(38)33-23(18-20-11-7-13-25(20)36)26(37)28(39)32-21-14-15-21/h8,12,16,19-21,23-24H,4-7,9-11,13-15,17-18H2,1-3H3,(H,32,39)(H,33,38)(H,34,41)/t20-,23-,24-/m0/s1. The first kappa shape index (κ1) is 31.4. The highest BCUT2D eigenvalue weighted by Gasteiger charge is 2.37. The van der Waals surface area contributed by atoms with Crippen molar-refractivity contribution >= 4 is 35.2 Å². The number of aromatic nitrogens is 1. The van der Waals surface area contributed by atoms with Gasteiger partial charge in [-0.2, -0.15) is 0 Å². The number of ketones is 2. The van der Waals surface area contributed by atoms with E-state index < -0.39 is 52.9 Å². The van der Waals surface area contributed by atoms with Crippen LogP contribution in [0.2, 0.25) is 0 Å². The van der Waals surface area contributed by atoms with Gasteiger partial charge in [-0.1, -0.05) is 32.1 Å². The number of nitrogens with zero attached hydrogens (tertiary/aromatic N) is 1. The predicted octanol–water partition coefficient (Wildman–Crippen LogP) is 3.80. The number of rotatable bonds is 11. The third kappa shape index (κ3) is 8.75. The van der Waals surface area contributed by atoms with Crippen LogP contribution in [-0.4, -0.2) is 51.7 Å². The number of carbonyl (C=O) groups is 5. The van der Waals surface area contributed by atoms with Crippen LogP contribution in [-0.2, 0) is 23.9 Å². The quantitative estimate of drug-likeness (QED) is 0.335. The van der Waals surface area contributed by atoms with Crippen molar-refractivity contribution in [2.75, 3.05) is 5.32 Å². The molecule has 42 heavy (non-hydrogen) atoms. The van der Waals surface area contributed by atoms with E-state index in [0.29, 0.717) is 25.7 Å². The lowest BCUT2D eigenvalue weighted by atomic mass is 9.84. The average molecular weight is 585 g/mol. The van der Waals surface area contributed by atoms with Crippen LogP contribution in [0.3, 0.4) is 0 Å². The highest BCUT2D eigenvalue weighted by molar-refractivity contribution is 6.38. The van der Waals surface area contributed by atoms with Crippen LogP contribution in [0.1, 0.15) is 104 Å². The number of hydrogen-bond donors (Lipinski definition) is 3. The Kier molecular flexibility index (Phi) is 10.2. The summed E-state index contributed by atoms with van der Waals surface area (Å²) in [7, 11) is 0. The largest absolute Gasteiger partial charge is 0.444 e. The maximum atomic E-state index is 14.0. The van der Waals surface area contributed by atoms with Crippen molar-refractivity contribution in [1.29, 1.82) is 0 Å². The molecule has 4 rings (SSSR count). The smallest absolute Gasteiger partial charge is 0.412 e. The molecule has 3 aliphatic rings. The van der Waals surface area contributed by atoms with Gasteiger partial charge in [-0.15, -0.1) is 0 Å². The number of carbonyl (C=O) groups excluding carboxylic acids is 5. The summed E-state index contributed by atoms with van der Waals surface area (Å²) >= 11 is 0. The van der Waals surface area contributed by atoms with Crippen molar-refractivity contribution < 1.29 is 28.7 Å². The van der Waals surface area contributed by atoms with E-state index in [1.54, 1.807) is 26.8 Å². The van der Waals surface area contributed by atoms with Gasteiger partial charge in [-0.3, -0.25) is 29.3 Å². The zero-order valence-electron chi connectivity index (χ0n) is 24.9. The van der Waals surface area contributed by atoms with Gasteiger partial charge < -0.3 is 19.9 Å². The molecular formula is C31H44N4O7. The molecule has 0 unspecified atom stereocenters. The fourth-order valence-electron chi connectivity index (χ4n) is 5.91. The van der Waals surface area contributed by atoms with Crippen molar-refractivity contribution in [3.63, 3.8) is 0 Å². The Morgan fingerprint density at radius 1 is 0.976 bits per heavy atom. The Balaban J connectivity index is 1.60. The topological polar surface area (TPSA) is 153 Å². The van der Waals surface area contributed by atoms with E-state index in [1.807, 2.05) is 0 Å². The van der Waals surface area contributed by atoms with Crippen LogP contribution in [0.25, 0.3) is 0 Å². The van der Waals surface area contributed by atoms with Crippen LogP contribution in [0.4, 0.5) is 10.5 Å². The number of amides is 3. The Bertz CT molecular complexity index is 1240. The van der Waals surface area contributed by atoms with Crippen molar-refractivity contribution in [2.24, 2.45) is 11.8 Å². The van der Waals surface area contributed by atoms with E-state index in [9.17, 15) is 28.8 Å². The molecule has 0 spiro atoms. The molecule has 1 heterocycles. The second-order valence-corrected chi connectivity index (χ2v) is 13.0. The first-order valence-corrected chi connectivity index (χ1v) is 15.3. The van der Waals surface area contributed by atoms with Gasteiger partial charge in [0, 0.05) is 24.6 Å². The summed E-state index contributed by atoms with van der Waals surface area (Å²) in [4.78, 5) is 78.4. The normalized spacial score (nSPS) is 20.8. The first-order valence-electron chi connectivity index (χ1n) is 15.3. The van der Waals surface area contributed by atoms with Crippen molar-refractivity contribution in [1.82, 2.24) is 15.2 Å². The van der Waals surface area contributed by atoms with Crippen LogP contribution in [0.15, 0.2) is 23.1 Å². The van der Waals surface area contributed by atoms with Gasteiger partial charge in [0.25, 0.3) is 11.5 Å². The molecule has 230 valence electrons. The second kappa shape index (κ2) is 13.6. The number of pyridine rings is 1. The Morgan fingerprint density at radius 3 is 2.31 bits per heavy atom. The third-order valence-corrected chi connectivity index (χ3v) is 8.25. The van der Waals surface area contributed by atoms with E-state index in [4.69, 9.17) is 4.74 Å². The number of anilines is 1. The lowest BCUT2D eigenvalue weighted by Gasteiger charge is -2.29. The van der Waals surface area contributed by atoms with Gasteiger partial charge in [0.1, 0.15) is 23.1 Å². The number of nitrogens with one attached hydrogen (secondary N) is 3. The SMILES string of the molecule is CC(C)(C)OC(=O)Nc1cccn([C@@H](CC2CCCCC2)C(=O)N[C@@H](C[C@@H]2CCCC2=O)C(=O)C(=O)NC2CC2)c1=O. The van der Waals surface area contributed by atoms with E-state index in [2.05, 4.69) is 16.0 Å². The fraction of sp³-hybridized carbons (Fsp3) is 0.677. The van der Waals surface area contributed by atoms with Crippen LogP contribution in [0.5, 0.6) is 0 Å². The van der Waals surface area contributed by atoms with Gasteiger partial charge in [0.2, 0.25) is 11.7 Å². The number of Topliss-reactive ketones (excluding diaryl/α,β-unsaturated/α-hetero) is 2. The molecule has 3 fully saturated rings. The molecule has 0 aromatic carbocycles. The van der Waals surface area contributed by atoms with Gasteiger partial charge in [0.15, 0.2) is 0 Å². The number of ether oxygens (including phenoxy) is 1. The molecule has 1 aromatic heterocycles. The first-order chi connectivity index (χ1) is 19.9. The van der Waals surface area contributed by atoms with Crippen LogP contribution >= 0.6 is 0 Å². The van der Waals surface area contributed by atoms with Gasteiger partial charge in [0.05, 0.1) is 6.04 Å². The predicted molar refractivity (Wildman–Crippen MR) is 156 cm³/mol. The van der Waals surface area contributed by atoms with Gasteiger partial charge in [-0.05, 0) is 77.3 Å². The molecule has 3 atom stereocenters. The summed E-state index contributed by atoms with van der Waals surface area (Å²) in [6, 6.07) is 0.804. The van der Waals surface area contributed by atoms with Crippen molar-refractivity contribution in [3.05, 3.63) is 28.7 Å². The summed E-state index contributed by atoms with van der Waals surface area (Å²) in [6.07, 6.45) is 9.45. The fourth-order valence-corrected chi connectivity index (χ4v) is 5.91. The van der Waals surface area contributed by atoms with Crippen molar-refractivity contribution in [3.8, 4) is 0 Å². The van der Waals surface area contributed by atoms with Crippen LogP contribution < -0.4 is 21.5 Å². The molecule has 3 saturated carbocycles. The van der Waals surface area contributed by atoms with Gasteiger partial charge in [-0.25, -0.2) is 4.79 Å². The molecule has 0 bridgehead atoms. The Hall–Kier alpha value is -3.50. The minimum atomic E-state index is -1.18. The molecule has 0 saturated heterocycles. The number of hydrogen-bond acceptors (Lipinski definition) is 7. The molecule has 11 heteroatoms. The van der Waals surface area contributed by atoms with Gasteiger partial charge >= 0.3 is 6.09 Å². The molecule has 3 amide bonds. The summed E-state index contributed by atoms with van der Waals surface area (Å²) in [5, 5.41) is 7.95. The lowest BCUT2D eigenvalue weighted by Crippen LogP contribution is -2.51. The highest BCUT2D eigenvalue weighted by atomic mass is 16.6. The van der Waals surface area contributed by atoms with E-state index in [-0.39, 0.29) is 29.9 Å². The zero-order valence-corrected chi connectivity index (χ0v) is 24.9. The summed E-state index contributed by atoms with van der Waals surface area (Å²) in [5.74, 6) is -2.31. The summed E-state index contributed by atoms with van der Waals surface area (Å²) < 4.78 is 6.57. The molecule has 0 aliphatic heterocycles. The van der Waals surface area contributed by atoms with E-state index in [1.165, 1.54) is 16.8 Å². The van der Waals surface area contributed by atoms with E-state index in [0.717, 1.165) is 44.9 Å². The van der Waals surface area contributed by atoms with E-state index >= 15 is 0 Å². The molecular weight excluding hydrogens is 540 g/mol. The third-order valence-electron chi connectivity index (χ3n) is 8.25.